The molecule has 1 aliphatic heterocycles. The summed E-state index contributed by atoms with van der Waals surface area (Å²) in [5.74, 6) is -1.71. The molecule has 18 heteroatoms. The van der Waals surface area contributed by atoms with Crippen LogP contribution in [0.4, 0.5) is 38.0 Å². The molecule has 1 fully saturated rings. The minimum Gasteiger partial charge on any atom is -0.483 e. The van der Waals surface area contributed by atoms with Gasteiger partial charge >= 0.3 is 18.8 Å². The number of rotatable bonds is 4. The lowest BCUT2D eigenvalue weighted by Gasteiger charge is -2.18. The molecule has 4 rings (SSSR count). The van der Waals surface area contributed by atoms with Crippen molar-refractivity contribution in [3.8, 4) is 0 Å². The van der Waals surface area contributed by atoms with Gasteiger partial charge in [-0.05, 0) is 41.7 Å². The highest BCUT2D eigenvalue weighted by molar-refractivity contribution is 6.03. The number of carbonyl (C=O) groups is 4. The second kappa shape index (κ2) is 16.8. The average molecular weight is 651 g/mol. The van der Waals surface area contributed by atoms with Crippen molar-refractivity contribution < 1.29 is 55.7 Å². The van der Waals surface area contributed by atoms with Crippen LogP contribution in [0.5, 0.6) is 0 Å². The molecule has 2 amide bonds. The molecule has 3 heterocycles. The number of anilines is 2. The Morgan fingerprint density at radius 1 is 1.04 bits per heavy atom. The van der Waals surface area contributed by atoms with Gasteiger partial charge in [0.05, 0.1) is 6.20 Å². The molecule has 1 aromatic carbocycles. The van der Waals surface area contributed by atoms with E-state index >= 15 is 0 Å². The third kappa shape index (κ3) is 13.5. The van der Waals surface area contributed by atoms with E-state index in [0.717, 1.165) is 25.3 Å². The molecule has 248 valence electrons. The molecule has 0 spiro atoms. The smallest absolute Gasteiger partial charge is 0.483 e. The molecule has 2 aromatic heterocycles. The van der Waals surface area contributed by atoms with Crippen molar-refractivity contribution >= 4 is 41.5 Å². The SMILES string of the molecule is CC(=O)NC1CCN(c2ccc3nc(NC(=O)c4ccc(C(C)(C)C)cc4)cn3n2)C1.FC(F)F.O=C(O)C(F)(F)F.O=CO. The van der Waals surface area contributed by atoms with Crippen LogP contribution in [-0.4, -0.2) is 81.1 Å². The molecule has 0 saturated carbocycles. The predicted octanol–water partition coefficient (Wildman–Crippen LogP) is 4.51. The van der Waals surface area contributed by atoms with E-state index in [-0.39, 0.29) is 29.7 Å². The van der Waals surface area contributed by atoms with E-state index in [1.165, 1.54) is 12.5 Å². The minimum atomic E-state index is -5.08. The number of imidazole rings is 1. The fraction of sp³-hybridized carbons (Fsp3) is 0.407. The summed E-state index contributed by atoms with van der Waals surface area (Å²) >= 11 is 0. The van der Waals surface area contributed by atoms with Crippen LogP contribution in [0.1, 0.15) is 50.0 Å². The van der Waals surface area contributed by atoms with E-state index in [9.17, 15) is 35.9 Å². The lowest BCUT2D eigenvalue weighted by molar-refractivity contribution is -0.192. The maximum Gasteiger partial charge on any atom is 0.490 e. The van der Waals surface area contributed by atoms with Gasteiger partial charge in [-0.1, -0.05) is 32.9 Å². The Hall–Kier alpha value is -4.90. The predicted molar refractivity (Wildman–Crippen MR) is 150 cm³/mol. The second-order valence-corrected chi connectivity index (χ2v) is 10.2. The average Bonchev–Trinajstić information content (AvgIpc) is 3.53. The number of aromatic nitrogens is 3. The molecule has 1 aliphatic rings. The molecule has 0 radical (unpaired) electrons. The van der Waals surface area contributed by atoms with Gasteiger partial charge < -0.3 is 25.7 Å². The summed E-state index contributed by atoms with van der Waals surface area (Å²) in [7, 11) is 0. The van der Waals surface area contributed by atoms with Gasteiger partial charge in [0.25, 0.3) is 12.4 Å². The van der Waals surface area contributed by atoms with Gasteiger partial charge in [-0.25, -0.2) is 14.3 Å². The molecular formula is C27H32F6N6O6. The van der Waals surface area contributed by atoms with E-state index in [0.29, 0.717) is 17.0 Å². The Morgan fingerprint density at radius 3 is 2.04 bits per heavy atom. The van der Waals surface area contributed by atoms with Gasteiger partial charge in [0.2, 0.25) is 5.91 Å². The zero-order valence-corrected chi connectivity index (χ0v) is 24.5. The van der Waals surface area contributed by atoms with E-state index in [1.807, 2.05) is 36.4 Å². The van der Waals surface area contributed by atoms with Crippen LogP contribution in [0, 0.1) is 0 Å². The number of fused-ring (bicyclic) bond motifs is 1. The van der Waals surface area contributed by atoms with Crippen LogP contribution in [-0.2, 0) is 19.8 Å². The number of aliphatic carboxylic acids is 1. The summed E-state index contributed by atoms with van der Waals surface area (Å²) in [6, 6.07) is 11.6. The molecule has 3 aromatic rings. The molecule has 0 aliphatic carbocycles. The number of carboxylic acid groups (broad SMARTS) is 2. The Morgan fingerprint density at radius 2 is 1.58 bits per heavy atom. The van der Waals surface area contributed by atoms with Gasteiger partial charge in [-0.2, -0.15) is 26.3 Å². The zero-order chi connectivity index (χ0) is 34.5. The molecule has 45 heavy (non-hydrogen) atoms. The summed E-state index contributed by atoms with van der Waals surface area (Å²) in [6.07, 6.45) is -2.49. The Bertz CT molecular complexity index is 1420. The summed E-state index contributed by atoms with van der Waals surface area (Å²) in [5.41, 5.74) is 2.45. The fourth-order valence-corrected chi connectivity index (χ4v) is 3.78. The van der Waals surface area contributed by atoms with Crippen molar-refractivity contribution in [3.05, 3.63) is 53.7 Å². The zero-order valence-electron chi connectivity index (χ0n) is 24.5. The first-order valence-electron chi connectivity index (χ1n) is 12.9. The Labute approximate surface area is 253 Å². The molecule has 1 saturated heterocycles. The number of benzene rings is 1. The molecular weight excluding hydrogens is 618 g/mol. The first kappa shape index (κ1) is 38.1. The van der Waals surface area contributed by atoms with Crippen LogP contribution in [0.25, 0.3) is 5.65 Å². The van der Waals surface area contributed by atoms with Crippen molar-refractivity contribution in [1.29, 1.82) is 0 Å². The number of hydrogen-bond donors (Lipinski definition) is 4. The molecule has 1 atom stereocenters. The molecule has 4 N–H and O–H groups in total. The summed E-state index contributed by atoms with van der Waals surface area (Å²) in [6.45, 7) is 5.59. The quantitative estimate of drug-likeness (QED) is 0.235. The van der Waals surface area contributed by atoms with Gasteiger partial charge in [0.1, 0.15) is 5.82 Å². The maximum absolute atomic E-state index is 12.6. The first-order chi connectivity index (χ1) is 20.8. The van der Waals surface area contributed by atoms with Gasteiger partial charge in [-0.15, -0.1) is 5.10 Å². The van der Waals surface area contributed by atoms with Gasteiger partial charge in [0.15, 0.2) is 11.5 Å². The van der Waals surface area contributed by atoms with Crippen LogP contribution in [0.2, 0.25) is 0 Å². The van der Waals surface area contributed by atoms with Gasteiger partial charge in [0, 0.05) is 31.6 Å². The third-order valence-electron chi connectivity index (χ3n) is 5.72. The number of halogens is 6. The van der Waals surface area contributed by atoms with Crippen molar-refractivity contribution in [3.63, 3.8) is 0 Å². The number of carboxylic acids is 1. The van der Waals surface area contributed by atoms with Gasteiger partial charge in [-0.3, -0.25) is 14.4 Å². The normalized spacial score (nSPS) is 14.2. The maximum atomic E-state index is 12.6. The first-order valence-corrected chi connectivity index (χ1v) is 12.9. The number of nitrogens with zero attached hydrogens (tertiary/aromatic N) is 4. The van der Waals surface area contributed by atoms with E-state index in [4.69, 9.17) is 19.8 Å². The standard InChI is InChI=1S/C23H28N6O2.C2HF3O2.CHF3.CH2O2/c1-15(30)24-18-11-12-28(13-18)21-10-9-20-25-19(14-29(20)27-21)26-22(31)16-5-7-17(8-6-16)23(2,3)4;3-2(4,5)1(6)7;2-1(3)4;2-1-3/h5-10,14,18H,11-13H2,1-4H3,(H,24,30)(H,26,31);(H,6,7);1H;1H,(H,2,3). The van der Waals surface area contributed by atoms with Crippen LogP contribution in [0.15, 0.2) is 42.6 Å². The van der Waals surface area contributed by atoms with Crippen molar-refractivity contribution in [1.82, 2.24) is 19.9 Å². The number of hydrogen-bond acceptors (Lipinski definition) is 7. The van der Waals surface area contributed by atoms with E-state index in [2.05, 4.69) is 46.4 Å². The number of nitrogens with one attached hydrogen (secondary N) is 2. The molecule has 1 unspecified atom stereocenters. The highest BCUT2D eigenvalue weighted by Gasteiger charge is 2.38. The lowest BCUT2D eigenvalue weighted by atomic mass is 9.87. The largest absolute Gasteiger partial charge is 0.490 e. The Balaban J connectivity index is 0.000000609. The fourth-order valence-electron chi connectivity index (χ4n) is 3.78. The minimum absolute atomic E-state index is 0.0155. The monoisotopic (exact) mass is 650 g/mol. The summed E-state index contributed by atoms with van der Waals surface area (Å²) < 4.78 is 62.4. The summed E-state index contributed by atoms with van der Waals surface area (Å²) in [4.78, 5) is 47.7. The molecule has 0 bridgehead atoms. The van der Waals surface area contributed by atoms with E-state index < -0.39 is 18.8 Å². The van der Waals surface area contributed by atoms with Crippen LogP contribution < -0.4 is 15.5 Å². The van der Waals surface area contributed by atoms with E-state index in [1.54, 1.807) is 10.7 Å². The third-order valence-corrected chi connectivity index (χ3v) is 5.72. The van der Waals surface area contributed by atoms with Crippen molar-refractivity contribution in [2.75, 3.05) is 23.3 Å². The number of carbonyl (C=O) groups excluding carboxylic acids is 2. The second-order valence-electron chi connectivity index (χ2n) is 10.2. The van der Waals surface area contributed by atoms with Crippen LogP contribution in [0.3, 0.4) is 0 Å². The number of alkyl halides is 6. The number of amides is 2. The highest BCUT2D eigenvalue weighted by Crippen LogP contribution is 2.23. The summed E-state index contributed by atoms with van der Waals surface area (Å²) in [5, 5.41) is 24.4. The topological polar surface area (TPSA) is 166 Å². The lowest BCUT2D eigenvalue weighted by Crippen LogP contribution is -2.35. The Kier molecular flexibility index (Phi) is 14.2. The van der Waals surface area contributed by atoms with Crippen LogP contribution >= 0.6 is 0 Å². The molecule has 12 nitrogen and oxygen atoms in total. The highest BCUT2D eigenvalue weighted by atomic mass is 19.4. The van der Waals surface area contributed by atoms with Crippen molar-refractivity contribution in [2.24, 2.45) is 0 Å². The van der Waals surface area contributed by atoms with Crippen molar-refractivity contribution in [2.45, 2.75) is 58.4 Å².